The number of rotatable bonds is 0. The van der Waals surface area contributed by atoms with Gasteiger partial charge >= 0.3 is 70.1 Å². The summed E-state index contributed by atoms with van der Waals surface area (Å²) >= 11 is -4.00. The fourth-order valence-electron chi connectivity index (χ4n) is 0. The van der Waals surface area contributed by atoms with Crippen molar-refractivity contribution in [3.8, 4) is 0 Å². The molecule has 12 heteroatoms. The molecule has 0 aliphatic carbocycles. The Labute approximate surface area is 148 Å². The average Bonchev–Trinajstić information content (AvgIpc) is 2.12. The van der Waals surface area contributed by atoms with Gasteiger partial charge in [-0.3, -0.25) is 17.8 Å². The van der Waals surface area contributed by atoms with Gasteiger partial charge in [0, 0.05) is 1.37 Å². The van der Waals surface area contributed by atoms with Crippen LogP contribution in [0.1, 0.15) is 60.8 Å². The van der Waals surface area contributed by atoms with E-state index in [-0.39, 0.29) is 52.0 Å². The van der Waals surface area contributed by atoms with Crippen molar-refractivity contribution in [1.82, 2.24) is 0 Å². The molecule has 0 spiro atoms. The Hall–Kier alpha value is 0.262. The predicted octanol–water partition coefficient (Wildman–Crippen LogP) is 3.37. The Morgan fingerprint density at radius 3 is 0.500 bits per heavy atom. The van der Waals surface area contributed by atoms with Gasteiger partial charge in [0.1, 0.15) is 0 Å². The van der Waals surface area contributed by atoms with Gasteiger partial charge in [-0.15, -0.1) is 0 Å². The second kappa shape index (κ2) is 354. The van der Waals surface area contributed by atoms with Gasteiger partial charge in [0.15, 0.2) is 0 Å². The van der Waals surface area contributed by atoms with Gasteiger partial charge in [-0.2, -0.15) is 0 Å². The first-order chi connectivity index (χ1) is 6.66. The Kier molecular flexibility index (Phi) is 1550. The van der Waals surface area contributed by atoms with Crippen LogP contribution in [0.25, 0.3) is 0 Å². The van der Waals surface area contributed by atoms with E-state index >= 15 is 0 Å². The summed E-state index contributed by atoms with van der Waals surface area (Å²) in [6.45, 7) is 0. The molecule has 0 aliphatic rings. The topological polar surface area (TPSA) is 137 Å². The monoisotopic (exact) mass is 410 g/mol. The summed E-state index contributed by atoms with van der Waals surface area (Å²) in [6, 6.07) is 0. The first kappa shape index (κ1) is 87.6. The van der Waals surface area contributed by atoms with Crippen molar-refractivity contribution in [1.29, 1.82) is 0 Å². The Morgan fingerprint density at radius 1 is 0.500 bits per heavy atom. The van der Waals surface area contributed by atoms with Gasteiger partial charge in [-0.25, -0.2) is 0 Å². The summed E-state index contributed by atoms with van der Waals surface area (Å²) in [5.74, 6) is 0. The van der Waals surface area contributed by atoms with Gasteiger partial charge < -0.3 is 0 Å². The molecule has 8 nitrogen and oxygen atoms in total. The van der Waals surface area contributed by atoms with Crippen molar-refractivity contribution in [3.63, 3.8) is 0 Å². The molecule has 0 fully saturated rings. The van der Waals surface area contributed by atoms with Crippen molar-refractivity contribution < 1.29 is 70.7 Å². The van der Waals surface area contributed by atoms with Crippen molar-refractivity contribution in [2.24, 2.45) is 0 Å². The summed E-state index contributed by atoms with van der Waals surface area (Å²) in [7, 11) is -1.58. The van der Waals surface area contributed by atoms with Crippen LogP contribution in [0.2, 0.25) is 0 Å². The van der Waals surface area contributed by atoms with Crippen LogP contribution in [-0.2, 0) is 69.3 Å². The zero-order valence-electron chi connectivity index (χ0n) is 7.27. The predicted molar refractivity (Wildman–Crippen MR) is 70.8 cm³/mol. The van der Waals surface area contributed by atoms with Crippen LogP contribution in [0.15, 0.2) is 0 Å². The molecule has 0 aromatic carbocycles. The van der Waals surface area contributed by atoms with Gasteiger partial charge in [0.2, 0.25) is 0 Å². The summed E-state index contributed by atoms with van der Waals surface area (Å²) in [5.41, 5.74) is 0. The second-order valence-corrected chi connectivity index (χ2v) is 1.19. The zero-order chi connectivity index (χ0) is 12.8. The Bertz CT molecular complexity index is 172. The molecule has 20 heavy (non-hydrogen) atoms. The van der Waals surface area contributed by atoms with E-state index in [1.54, 1.807) is 0 Å². The maximum atomic E-state index is 8.50. The molecule has 0 saturated heterocycles. The average molecular weight is 410 g/mol. The molecule has 0 aromatic heterocycles. The molecule has 0 unspecified atom stereocenters. The van der Waals surface area contributed by atoms with E-state index in [1.807, 2.05) is 0 Å². The third-order valence-corrected chi connectivity index (χ3v) is 0. The fourth-order valence-corrected chi connectivity index (χ4v) is 0. The Morgan fingerprint density at radius 2 is 0.500 bits per heavy atom. The maximum absolute atomic E-state index is 8.50. The van der Waals surface area contributed by atoms with Crippen LogP contribution in [0, 0.1) is 0 Å². The molecule has 0 saturated carbocycles. The number of hydrogen-bond acceptors (Lipinski definition) is 8. The van der Waals surface area contributed by atoms with Crippen molar-refractivity contribution in [3.05, 3.63) is 0 Å². The third-order valence-electron chi connectivity index (χ3n) is 0. The SMILES string of the molecule is C.C.C.C.C.C.C.O=[Si]=O.O=[Si]=O.[3H]C.[O]=[Ti]=[O].[O]=[Ti]=[O]. The quantitative estimate of drug-likeness (QED) is 0.554. The Balaban J connectivity index is -0.00000000447. The second-order valence-electron chi connectivity index (χ2n) is 0.333. The van der Waals surface area contributed by atoms with Gasteiger partial charge in [-0.05, 0) is 0 Å². The van der Waals surface area contributed by atoms with Gasteiger partial charge in [0.25, 0.3) is 0 Å². The molecule has 0 N–H and O–H groups in total. The molecule has 0 aromatic rings. The molecule has 0 amide bonds. The van der Waals surface area contributed by atoms with E-state index < -0.39 is 56.8 Å². The normalized spacial score (nSPS) is 1.95. The first-order valence-electron chi connectivity index (χ1n) is 2.63. The van der Waals surface area contributed by atoms with Crippen LogP contribution in [0.4, 0.5) is 0 Å². The number of hydrogen-bond donors (Lipinski definition) is 0. The van der Waals surface area contributed by atoms with E-state index in [1.165, 1.54) is 7.40 Å². The van der Waals surface area contributed by atoms with Crippen molar-refractivity contribution >= 4 is 18.6 Å². The van der Waals surface area contributed by atoms with E-state index in [0.29, 0.717) is 0 Å². The summed E-state index contributed by atoms with van der Waals surface area (Å²) in [4.78, 5) is 0. The summed E-state index contributed by atoms with van der Waals surface area (Å²) in [6.07, 6.45) is 0. The first-order valence-corrected chi connectivity index (χ1v) is 5.82. The molecule has 0 rings (SSSR count). The minimum atomic E-state index is -2.00. The molecule has 0 radical (unpaired) electrons. The molecule has 0 bridgehead atoms. The van der Waals surface area contributed by atoms with Crippen LogP contribution in [-0.4, -0.2) is 18.6 Å². The van der Waals surface area contributed by atoms with Gasteiger partial charge in [-0.1, -0.05) is 59.4 Å². The van der Waals surface area contributed by atoms with Crippen LogP contribution in [0.5, 0.6) is 0 Å². The van der Waals surface area contributed by atoms with Crippen molar-refractivity contribution in [2.45, 2.75) is 59.4 Å². The molecule has 0 heterocycles. The third kappa shape index (κ3) is 79100. The van der Waals surface area contributed by atoms with E-state index in [2.05, 4.69) is 0 Å². The van der Waals surface area contributed by atoms with E-state index in [4.69, 9.17) is 32.5 Å². The van der Waals surface area contributed by atoms with Crippen molar-refractivity contribution in [2.75, 3.05) is 0 Å². The van der Waals surface area contributed by atoms with Gasteiger partial charge in [0.05, 0.1) is 0 Å². The standard InChI is InChI=1S/8CH4.2O2Si.4O.2Ti/c;;;;;;;;2*1-3-2;;;;;;/h8*1H4;;;;;;;;/i1T;;;;;;;;;;;;;;;. The zero-order valence-corrected chi connectivity index (χ0v) is 11.4. The molecular weight excluding hydrogens is 376 g/mol. The molecule has 128 valence electrons. The molecule has 0 aliphatic heterocycles. The van der Waals surface area contributed by atoms with E-state index in [0.717, 1.165) is 0 Å². The van der Waals surface area contributed by atoms with Crippen LogP contribution >= 0.6 is 0 Å². The molecular formula is C8H32O8Si2Ti2. The summed E-state index contributed by atoms with van der Waals surface area (Å²) in [5, 5.41) is 0. The minimum absolute atomic E-state index is 0. The van der Waals surface area contributed by atoms with Crippen LogP contribution in [0.3, 0.4) is 0 Å². The van der Waals surface area contributed by atoms with E-state index in [9.17, 15) is 0 Å². The van der Waals surface area contributed by atoms with Crippen LogP contribution < -0.4 is 0 Å². The summed E-state index contributed by atoms with van der Waals surface area (Å²) < 4.78 is 73.4. The molecule has 0 atom stereocenters. The fraction of sp³-hybridized carbons (Fsp3) is 1.00.